The summed E-state index contributed by atoms with van der Waals surface area (Å²) in [6, 6.07) is 0. The van der Waals surface area contributed by atoms with Gasteiger partial charge in [-0.15, -0.1) is 0 Å². The highest BCUT2D eigenvalue weighted by atomic mass is 16.8. The van der Waals surface area contributed by atoms with Gasteiger partial charge in [-0.2, -0.15) is 0 Å². The average molecular weight is 1620 g/mol. The summed E-state index contributed by atoms with van der Waals surface area (Å²) >= 11 is 0. The van der Waals surface area contributed by atoms with Crippen LogP contribution in [0.1, 0.15) is 260 Å². The zero-order chi connectivity index (χ0) is 85.2. The molecule has 0 aromatic rings. The lowest BCUT2D eigenvalue weighted by molar-refractivity contribution is -0.170. The van der Waals surface area contributed by atoms with Gasteiger partial charge in [-0.05, 0) is 266 Å². The molecule has 16 rings (SSSR count). The molecule has 7 aliphatic heterocycles. The first kappa shape index (κ1) is 92.2. The van der Waals surface area contributed by atoms with Crippen LogP contribution in [0.3, 0.4) is 0 Å². The van der Waals surface area contributed by atoms with E-state index in [1.54, 1.807) is 0 Å². The van der Waals surface area contributed by atoms with Gasteiger partial charge >= 0.3 is 71.6 Å². The SMILES string of the molecule is CCC(C)(C)C(=O)OC.CCC(C)(C)C(=O)OC.CCC(C)(C)C(=O)OC1C(=O)OC2C1CC1OC(C)(C)OC12.CCC(C)(C)C(=O)OC1C(=O)OC2C=CCC21.CCC(C)(C)C(=O)OC1C(=O)OC2CCCC21.CCC(C)(C)C(=O)OC1COC(=O)C1.O=C1OCC2C3CC(C12)C1C2CCC(C2)C31.O=C1OCC2C3CCC(C3)C12. The van der Waals surface area contributed by atoms with E-state index >= 15 is 0 Å². The molecule has 24 unspecified atom stereocenters. The van der Waals surface area contributed by atoms with Crippen molar-refractivity contribution in [3.63, 3.8) is 0 Å². The molecule has 8 saturated carbocycles. The maximum atomic E-state index is 12.2. The fourth-order valence-electron chi connectivity index (χ4n) is 19.5. The molecule has 0 amide bonds. The molecular formula is C89H136O26. The van der Waals surface area contributed by atoms with Crippen molar-refractivity contribution in [1.29, 1.82) is 0 Å². The molecular weight excluding hydrogens is 1480 g/mol. The van der Waals surface area contributed by atoms with Crippen molar-refractivity contribution in [1.82, 2.24) is 0 Å². The number of fused-ring (bicyclic) bond motifs is 22. The molecule has 0 spiro atoms. The van der Waals surface area contributed by atoms with E-state index < -0.39 is 57.7 Å². The Hall–Kier alpha value is -6.70. The Balaban J connectivity index is 0.000000153. The Kier molecular flexibility index (Phi) is 29.6. The number of carbonyl (C=O) groups is 12. The molecule has 7 heterocycles. The fourth-order valence-corrected chi connectivity index (χ4v) is 19.5. The largest absolute Gasteiger partial charge is 0.469 e. The molecule has 26 nitrogen and oxygen atoms in total. The maximum absolute atomic E-state index is 12.2. The molecule has 0 radical (unpaired) electrons. The molecule has 24 atom stereocenters. The van der Waals surface area contributed by atoms with Crippen molar-refractivity contribution in [3.05, 3.63) is 12.2 Å². The number of ether oxygens (including phenoxy) is 14. The van der Waals surface area contributed by atoms with E-state index in [2.05, 4.69) is 9.47 Å². The van der Waals surface area contributed by atoms with Crippen LogP contribution in [0.25, 0.3) is 0 Å². The van der Waals surface area contributed by atoms with Gasteiger partial charge in [0.1, 0.15) is 37.1 Å². The summed E-state index contributed by atoms with van der Waals surface area (Å²) in [6.45, 7) is 39.1. The number of allylic oxidation sites excluding steroid dienone is 1. The lowest BCUT2D eigenvalue weighted by Crippen LogP contribution is -2.38. The van der Waals surface area contributed by atoms with Gasteiger partial charge in [0, 0.05) is 23.7 Å². The van der Waals surface area contributed by atoms with Crippen LogP contribution in [0.4, 0.5) is 0 Å². The molecule has 9 aliphatic carbocycles. The predicted molar refractivity (Wildman–Crippen MR) is 416 cm³/mol. The van der Waals surface area contributed by atoms with Gasteiger partial charge in [0.05, 0.1) is 90.2 Å². The topological polar surface area (TPSA) is 334 Å². The zero-order valence-electron chi connectivity index (χ0n) is 72.7. The van der Waals surface area contributed by atoms with Gasteiger partial charge in [-0.1, -0.05) is 47.6 Å². The molecule has 26 heteroatoms. The van der Waals surface area contributed by atoms with Gasteiger partial charge in [0.2, 0.25) is 18.3 Å². The second kappa shape index (κ2) is 36.9. The summed E-state index contributed by atoms with van der Waals surface area (Å²) in [5, 5.41) is 0. The third kappa shape index (κ3) is 20.3. The molecule has 0 aromatic carbocycles. The Morgan fingerprint density at radius 1 is 0.400 bits per heavy atom. The first-order valence-corrected chi connectivity index (χ1v) is 42.9. The van der Waals surface area contributed by atoms with Gasteiger partial charge in [-0.3, -0.25) is 43.2 Å². The summed E-state index contributed by atoms with van der Waals surface area (Å²) in [6.07, 6.45) is 18.7. The Labute approximate surface area is 681 Å². The van der Waals surface area contributed by atoms with Crippen molar-refractivity contribution in [2.45, 2.75) is 321 Å². The predicted octanol–water partition coefficient (Wildman–Crippen LogP) is 13.5. The Morgan fingerprint density at radius 3 is 1.34 bits per heavy atom. The fraction of sp³-hybridized carbons (Fsp3) is 0.843. The van der Waals surface area contributed by atoms with E-state index in [9.17, 15) is 57.5 Å². The molecule has 0 N–H and O–H groups in total. The molecule has 0 aromatic heterocycles. The van der Waals surface area contributed by atoms with Crippen LogP contribution < -0.4 is 0 Å². The van der Waals surface area contributed by atoms with Crippen molar-refractivity contribution in [3.8, 4) is 0 Å². The lowest BCUT2D eigenvalue weighted by Gasteiger charge is -2.38. The van der Waals surface area contributed by atoms with Crippen LogP contribution in [-0.4, -0.2) is 166 Å². The molecule has 648 valence electrons. The lowest BCUT2D eigenvalue weighted by atomic mass is 9.64. The molecule has 16 aliphatic rings. The average Bonchev–Trinajstić information content (AvgIpc) is 1.53. The van der Waals surface area contributed by atoms with Gasteiger partial charge in [0.25, 0.3) is 0 Å². The molecule has 115 heavy (non-hydrogen) atoms. The second-order valence-electron chi connectivity index (χ2n) is 39.1. The van der Waals surface area contributed by atoms with Crippen LogP contribution in [0.2, 0.25) is 0 Å². The normalized spacial score (nSPS) is 35.4. The minimum absolute atomic E-state index is 0.0231. The number of rotatable bonds is 16. The van der Waals surface area contributed by atoms with Crippen LogP contribution in [0.15, 0.2) is 12.2 Å². The zero-order valence-corrected chi connectivity index (χ0v) is 72.7. The monoisotopic (exact) mass is 1620 g/mol. The molecule has 6 bridgehead atoms. The van der Waals surface area contributed by atoms with Crippen LogP contribution >= 0.6 is 0 Å². The molecule has 7 saturated heterocycles. The molecule has 15 fully saturated rings. The summed E-state index contributed by atoms with van der Waals surface area (Å²) in [5.74, 6) is 5.33. The van der Waals surface area contributed by atoms with E-state index in [1.165, 1.54) is 59.2 Å². The van der Waals surface area contributed by atoms with Gasteiger partial charge < -0.3 is 66.3 Å². The summed E-state index contributed by atoms with van der Waals surface area (Å²) in [5.41, 5.74) is -2.79. The quantitative estimate of drug-likeness (QED) is 0.0599. The number of carbonyl (C=O) groups excluding carboxylic acids is 12. The van der Waals surface area contributed by atoms with E-state index in [0.29, 0.717) is 61.7 Å². The smallest absolute Gasteiger partial charge is 0.348 e. The van der Waals surface area contributed by atoms with Crippen molar-refractivity contribution >= 4 is 71.6 Å². The number of esters is 12. The summed E-state index contributed by atoms with van der Waals surface area (Å²) in [7, 11) is 2.83. The van der Waals surface area contributed by atoms with Crippen molar-refractivity contribution in [2.75, 3.05) is 34.0 Å². The second-order valence-corrected chi connectivity index (χ2v) is 39.1. The number of hydrogen-bond donors (Lipinski definition) is 0. The highest BCUT2D eigenvalue weighted by Crippen LogP contribution is 2.71. The highest BCUT2D eigenvalue weighted by Gasteiger charge is 2.69. The van der Waals surface area contributed by atoms with Gasteiger partial charge in [-0.25, -0.2) is 14.4 Å². The standard InChI is InChI=1S/C16H24O6.C14H18O2.C13H20O4.C13H18O4.C10H16O4.C9H12O2.2C7H14O2/c1-6-15(2,3)14(18)20-11-8-7-9-12(10(8)19-13(11)17)22-16(4,5)21-9;15-14-13-9-4-8(10(13)5-16-14)11-6-1-2-7(3-6)12(9)11;2*1-4-13(2,3)12(15)17-10-8-6-5-7-9(8)16-11(10)14;1-4-10(2,3)9(12)14-7-5-8(11)13-6-7;10-9-8-6-2-1-5(3-6)7(8)4-11-9;2*1-5-7(2,3)6(8)9-4/h8-12H,6-7H2,1-5H3;6-13H,1-5H2;8-10H,4-7H2,1-3H3;5,7-10H,4,6H2,1-3H3;7H,4-6H2,1-3H3;5-8H,1-4H2;2*5H2,1-4H3. The van der Waals surface area contributed by atoms with E-state index in [0.717, 1.165) is 93.2 Å². The number of cyclic esters (lactones) is 3. The number of methoxy groups -OCH3 is 2. The van der Waals surface area contributed by atoms with Crippen molar-refractivity contribution in [2.24, 2.45) is 121 Å². The Bertz CT molecular complexity index is 3500. The number of hydrogen-bond acceptors (Lipinski definition) is 26. The third-order valence-corrected chi connectivity index (χ3v) is 29.1. The van der Waals surface area contributed by atoms with Crippen LogP contribution in [0.5, 0.6) is 0 Å². The minimum atomic E-state index is -0.843. The maximum Gasteiger partial charge on any atom is 0.348 e. The Morgan fingerprint density at radius 2 is 0.843 bits per heavy atom. The van der Waals surface area contributed by atoms with Crippen LogP contribution in [-0.2, 0) is 124 Å². The highest BCUT2D eigenvalue weighted by molar-refractivity contribution is 5.86. The first-order chi connectivity index (χ1) is 53.8. The van der Waals surface area contributed by atoms with E-state index in [-0.39, 0.29) is 138 Å². The minimum Gasteiger partial charge on any atom is -0.469 e. The first-order valence-electron chi connectivity index (χ1n) is 42.9. The van der Waals surface area contributed by atoms with E-state index in [1.807, 2.05) is 151 Å². The van der Waals surface area contributed by atoms with Crippen molar-refractivity contribution < 1.29 is 124 Å². The van der Waals surface area contributed by atoms with E-state index in [4.69, 9.17) is 56.8 Å². The third-order valence-electron chi connectivity index (χ3n) is 29.1. The summed E-state index contributed by atoms with van der Waals surface area (Å²) in [4.78, 5) is 139. The van der Waals surface area contributed by atoms with Crippen LogP contribution in [0, 0.1) is 121 Å². The van der Waals surface area contributed by atoms with Gasteiger partial charge in [0.15, 0.2) is 5.79 Å². The summed E-state index contributed by atoms with van der Waals surface area (Å²) < 4.78 is 73.0.